The van der Waals surface area contributed by atoms with Gasteiger partial charge in [-0.1, -0.05) is 12.1 Å². The number of aliphatic hydroxyl groups excluding tert-OH is 1. The zero-order valence-electron chi connectivity index (χ0n) is 15.4. The monoisotopic (exact) mass is 405 g/mol. The number of methoxy groups -OCH3 is 1. The van der Waals surface area contributed by atoms with Crippen molar-refractivity contribution in [2.45, 2.75) is 18.0 Å². The number of aromatic nitrogens is 2. The van der Waals surface area contributed by atoms with Crippen LogP contribution in [-0.4, -0.2) is 42.0 Å². The number of ether oxygens (including phenoxy) is 1. The van der Waals surface area contributed by atoms with Crippen LogP contribution in [-0.2, 0) is 23.2 Å². The molecule has 0 atom stereocenters. The summed E-state index contributed by atoms with van der Waals surface area (Å²) in [7, 11) is -0.835. The van der Waals surface area contributed by atoms with Crippen LogP contribution < -0.4 is 4.74 Å². The van der Waals surface area contributed by atoms with Crippen molar-refractivity contribution in [3.63, 3.8) is 0 Å². The van der Waals surface area contributed by atoms with Gasteiger partial charge in [0.2, 0.25) is 10.0 Å². The molecule has 0 amide bonds. The van der Waals surface area contributed by atoms with E-state index in [1.54, 1.807) is 31.4 Å². The molecule has 0 fully saturated rings. The maximum absolute atomic E-state index is 14.2. The van der Waals surface area contributed by atoms with Gasteiger partial charge in [-0.05, 0) is 35.9 Å². The van der Waals surface area contributed by atoms with Crippen LogP contribution in [0.1, 0.15) is 11.4 Å². The first-order valence-corrected chi connectivity index (χ1v) is 9.83. The standard InChI is InChI=1S/C19H20FN3O4S/c1-23(11-13-3-5-14(27-2)6-4-13)28(25,26)15-7-8-17(20)16(9-15)18-10-21-19(12-24)22-18/h3-10,24H,11-12H2,1-2H3,(H,21,22). The highest BCUT2D eigenvalue weighted by atomic mass is 32.2. The normalized spacial score (nSPS) is 11.8. The first kappa shape index (κ1) is 20.0. The molecule has 9 heteroatoms. The minimum absolute atomic E-state index is 0.0369. The Labute approximate surface area is 162 Å². The lowest BCUT2D eigenvalue weighted by Gasteiger charge is -2.18. The molecule has 0 radical (unpaired) electrons. The Morgan fingerprint density at radius 1 is 1.21 bits per heavy atom. The molecule has 1 heterocycles. The minimum atomic E-state index is -3.85. The fourth-order valence-electron chi connectivity index (χ4n) is 2.69. The molecular formula is C19H20FN3O4S. The summed E-state index contributed by atoms with van der Waals surface area (Å²) in [6.45, 7) is -0.180. The summed E-state index contributed by atoms with van der Waals surface area (Å²) in [5.41, 5.74) is 1.04. The molecule has 7 nitrogen and oxygen atoms in total. The Balaban J connectivity index is 1.88. The summed E-state index contributed by atoms with van der Waals surface area (Å²) in [5.74, 6) is 0.339. The van der Waals surface area contributed by atoms with Gasteiger partial charge in [-0.25, -0.2) is 17.8 Å². The minimum Gasteiger partial charge on any atom is -0.497 e. The second kappa shape index (κ2) is 8.09. The summed E-state index contributed by atoms with van der Waals surface area (Å²) in [4.78, 5) is 6.70. The van der Waals surface area contributed by atoms with E-state index in [0.717, 1.165) is 11.6 Å². The SMILES string of the molecule is COc1ccc(CN(C)S(=O)(=O)c2ccc(F)c(-c3c[nH]c(CO)n3)c2)cc1. The third-order valence-electron chi connectivity index (χ3n) is 4.27. The van der Waals surface area contributed by atoms with Crippen molar-refractivity contribution >= 4 is 10.0 Å². The van der Waals surface area contributed by atoms with Crippen molar-refractivity contribution in [1.29, 1.82) is 0 Å². The molecule has 2 N–H and O–H groups in total. The van der Waals surface area contributed by atoms with Gasteiger partial charge in [0.25, 0.3) is 0 Å². The number of hydrogen-bond acceptors (Lipinski definition) is 5. The predicted molar refractivity (Wildman–Crippen MR) is 102 cm³/mol. The number of benzene rings is 2. The molecule has 28 heavy (non-hydrogen) atoms. The number of hydrogen-bond donors (Lipinski definition) is 2. The van der Waals surface area contributed by atoms with E-state index in [1.165, 1.54) is 29.7 Å². The Hall–Kier alpha value is -2.75. The maximum atomic E-state index is 14.2. The van der Waals surface area contributed by atoms with Crippen LogP contribution in [0, 0.1) is 5.82 Å². The van der Waals surface area contributed by atoms with Crippen LogP contribution in [0.15, 0.2) is 53.6 Å². The van der Waals surface area contributed by atoms with Crippen molar-refractivity contribution < 1.29 is 22.7 Å². The number of nitrogens with zero attached hydrogens (tertiary/aromatic N) is 2. The number of halogens is 1. The number of aliphatic hydroxyl groups is 1. The Kier molecular flexibility index (Phi) is 5.78. The van der Waals surface area contributed by atoms with Crippen LogP contribution in [0.2, 0.25) is 0 Å². The zero-order chi connectivity index (χ0) is 20.3. The average molecular weight is 405 g/mol. The van der Waals surface area contributed by atoms with Gasteiger partial charge in [0, 0.05) is 25.4 Å². The highest BCUT2D eigenvalue weighted by Crippen LogP contribution is 2.26. The summed E-state index contributed by atoms with van der Waals surface area (Å²) >= 11 is 0. The fraction of sp³-hybridized carbons (Fsp3) is 0.211. The molecule has 0 bridgehead atoms. The van der Waals surface area contributed by atoms with Crippen molar-refractivity contribution in [3.8, 4) is 17.0 Å². The molecule has 0 aliphatic rings. The van der Waals surface area contributed by atoms with Gasteiger partial charge in [0.1, 0.15) is 24.0 Å². The molecule has 148 valence electrons. The van der Waals surface area contributed by atoms with E-state index >= 15 is 0 Å². The van der Waals surface area contributed by atoms with Crippen LogP contribution in [0.5, 0.6) is 5.75 Å². The number of aromatic amines is 1. The molecule has 0 saturated heterocycles. The van der Waals surface area contributed by atoms with Crippen LogP contribution in [0.3, 0.4) is 0 Å². The first-order valence-electron chi connectivity index (χ1n) is 8.39. The lowest BCUT2D eigenvalue weighted by atomic mass is 10.1. The number of nitrogens with one attached hydrogen (secondary N) is 1. The Morgan fingerprint density at radius 2 is 1.93 bits per heavy atom. The summed E-state index contributed by atoms with van der Waals surface area (Å²) in [6.07, 6.45) is 1.42. The van der Waals surface area contributed by atoms with Crippen molar-refractivity contribution in [2.75, 3.05) is 14.2 Å². The quantitative estimate of drug-likeness (QED) is 0.630. The van der Waals surface area contributed by atoms with Crippen LogP contribution in [0.4, 0.5) is 4.39 Å². The third kappa shape index (κ3) is 4.06. The van der Waals surface area contributed by atoms with Gasteiger partial charge < -0.3 is 14.8 Å². The van der Waals surface area contributed by atoms with E-state index in [0.29, 0.717) is 5.75 Å². The summed E-state index contributed by atoms with van der Waals surface area (Å²) in [6, 6.07) is 10.6. The largest absolute Gasteiger partial charge is 0.497 e. The van der Waals surface area contributed by atoms with Crippen LogP contribution in [0.25, 0.3) is 11.3 Å². The van der Waals surface area contributed by atoms with E-state index in [2.05, 4.69) is 9.97 Å². The predicted octanol–water partition coefficient (Wildman–Crippen LogP) is 2.54. The smallest absolute Gasteiger partial charge is 0.243 e. The van der Waals surface area contributed by atoms with Crippen LogP contribution >= 0.6 is 0 Å². The molecule has 0 saturated carbocycles. The lowest BCUT2D eigenvalue weighted by molar-refractivity contribution is 0.272. The lowest BCUT2D eigenvalue weighted by Crippen LogP contribution is -2.26. The molecule has 3 aromatic rings. The molecule has 3 rings (SSSR count). The van der Waals surface area contributed by atoms with Gasteiger partial charge in [0.05, 0.1) is 17.7 Å². The highest BCUT2D eigenvalue weighted by molar-refractivity contribution is 7.89. The number of rotatable bonds is 7. The second-order valence-corrected chi connectivity index (χ2v) is 8.19. The highest BCUT2D eigenvalue weighted by Gasteiger charge is 2.23. The summed E-state index contributed by atoms with van der Waals surface area (Å²) in [5, 5.41) is 9.10. The molecule has 0 aliphatic carbocycles. The molecule has 0 unspecified atom stereocenters. The van der Waals surface area contributed by atoms with Gasteiger partial charge in [0.15, 0.2) is 0 Å². The average Bonchev–Trinajstić information content (AvgIpc) is 3.17. The second-order valence-electron chi connectivity index (χ2n) is 6.14. The van der Waals surface area contributed by atoms with E-state index in [1.807, 2.05) is 0 Å². The molecular weight excluding hydrogens is 385 g/mol. The molecule has 0 aliphatic heterocycles. The van der Waals surface area contributed by atoms with Crippen molar-refractivity contribution in [2.24, 2.45) is 0 Å². The number of imidazole rings is 1. The summed E-state index contributed by atoms with van der Waals surface area (Å²) < 4.78 is 46.4. The third-order valence-corrected chi connectivity index (χ3v) is 6.07. The van der Waals surface area contributed by atoms with Crippen molar-refractivity contribution in [1.82, 2.24) is 14.3 Å². The van der Waals surface area contributed by atoms with E-state index in [9.17, 15) is 12.8 Å². The first-order chi connectivity index (χ1) is 13.3. The Bertz CT molecular complexity index is 1070. The van der Waals surface area contributed by atoms with E-state index in [-0.39, 0.29) is 35.1 Å². The zero-order valence-corrected chi connectivity index (χ0v) is 16.2. The Morgan fingerprint density at radius 3 is 2.54 bits per heavy atom. The van der Waals surface area contributed by atoms with Gasteiger partial charge in [-0.15, -0.1) is 0 Å². The van der Waals surface area contributed by atoms with Gasteiger partial charge >= 0.3 is 0 Å². The fourth-order valence-corrected chi connectivity index (χ4v) is 3.88. The van der Waals surface area contributed by atoms with Gasteiger partial charge in [-0.3, -0.25) is 0 Å². The van der Waals surface area contributed by atoms with E-state index in [4.69, 9.17) is 9.84 Å². The number of H-pyrrole nitrogens is 1. The van der Waals surface area contributed by atoms with E-state index < -0.39 is 15.8 Å². The molecule has 2 aromatic carbocycles. The topological polar surface area (TPSA) is 95.5 Å². The van der Waals surface area contributed by atoms with Gasteiger partial charge in [-0.2, -0.15) is 4.31 Å². The maximum Gasteiger partial charge on any atom is 0.243 e. The number of sulfonamides is 1. The molecule has 1 aromatic heterocycles. The van der Waals surface area contributed by atoms with Crippen molar-refractivity contribution in [3.05, 3.63) is 65.9 Å². The molecule has 0 spiro atoms.